The Bertz CT molecular complexity index is 394. The van der Waals surface area contributed by atoms with Crippen LogP contribution in [0.5, 0.6) is 0 Å². The maximum absolute atomic E-state index is 12.3. The summed E-state index contributed by atoms with van der Waals surface area (Å²) in [5.41, 5.74) is -0.276. The Labute approximate surface area is 101 Å². The summed E-state index contributed by atoms with van der Waals surface area (Å²) in [6, 6.07) is 1.74. The number of rotatable bonds is 4. The molecule has 2 heterocycles. The minimum atomic E-state index is -0.276. The van der Waals surface area contributed by atoms with Crippen LogP contribution in [0.25, 0.3) is 0 Å². The Hall–Kier alpha value is -1.36. The third-order valence-corrected chi connectivity index (χ3v) is 3.32. The van der Waals surface area contributed by atoms with Crippen molar-refractivity contribution in [1.82, 2.24) is 10.5 Å². The van der Waals surface area contributed by atoms with Crippen LogP contribution in [0.2, 0.25) is 0 Å². The van der Waals surface area contributed by atoms with Gasteiger partial charge in [-0.2, -0.15) is 0 Å². The number of aromatic nitrogens is 1. The molecule has 1 fully saturated rings. The van der Waals surface area contributed by atoms with Gasteiger partial charge < -0.3 is 15.2 Å². The molecular weight excluding hydrogens is 218 g/mol. The van der Waals surface area contributed by atoms with Crippen LogP contribution in [0.4, 0.5) is 5.82 Å². The Morgan fingerprint density at radius 2 is 2.53 bits per heavy atom. The van der Waals surface area contributed by atoms with Gasteiger partial charge in [0.05, 0.1) is 5.41 Å². The molecule has 1 unspecified atom stereocenters. The van der Waals surface area contributed by atoms with Gasteiger partial charge in [0.1, 0.15) is 5.76 Å². The lowest BCUT2D eigenvalue weighted by Gasteiger charge is -2.25. The number of carbonyl (C=O) groups excluding carboxylic acids is 1. The first-order valence-corrected chi connectivity index (χ1v) is 6.12. The van der Waals surface area contributed by atoms with Crippen LogP contribution in [-0.4, -0.2) is 24.2 Å². The lowest BCUT2D eigenvalue weighted by Crippen LogP contribution is -2.38. The van der Waals surface area contributed by atoms with Crippen molar-refractivity contribution in [3.8, 4) is 0 Å². The van der Waals surface area contributed by atoms with Crippen molar-refractivity contribution in [2.45, 2.75) is 33.1 Å². The molecule has 94 valence electrons. The maximum Gasteiger partial charge on any atom is 0.233 e. The van der Waals surface area contributed by atoms with E-state index in [1.54, 1.807) is 6.07 Å². The van der Waals surface area contributed by atoms with E-state index in [0.29, 0.717) is 11.6 Å². The predicted molar refractivity (Wildman–Crippen MR) is 64.7 cm³/mol. The van der Waals surface area contributed by atoms with Crippen molar-refractivity contribution in [2.24, 2.45) is 5.41 Å². The van der Waals surface area contributed by atoms with Crippen LogP contribution in [0.1, 0.15) is 31.9 Å². The van der Waals surface area contributed by atoms with Gasteiger partial charge in [0.25, 0.3) is 0 Å². The minimum absolute atomic E-state index is 0.0534. The highest BCUT2D eigenvalue weighted by Crippen LogP contribution is 2.32. The number of hydrogen-bond acceptors (Lipinski definition) is 4. The van der Waals surface area contributed by atoms with Crippen LogP contribution in [-0.2, 0) is 4.79 Å². The van der Waals surface area contributed by atoms with Gasteiger partial charge in [-0.1, -0.05) is 18.5 Å². The van der Waals surface area contributed by atoms with Gasteiger partial charge in [-0.05, 0) is 26.3 Å². The fourth-order valence-electron chi connectivity index (χ4n) is 2.42. The van der Waals surface area contributed by atoms with Gasteiger partial charge in [-0.15, -0.1) is 0 Å². The molecule has 1 aliphatic heterocycles. The van der Waals surface area contributed by atoms with Gasteiger partial charge in [-0.3, -0.25) is 4.79 Å². The van der Waals surface area contributed by atoms with E-state index in [0.717, 1.165) is 32.4 Å². The third-order valence-electron chi connectivity index (χ3n) is 3.32. The second-order valence-electron chi connectivity index (χ2n) is 4.73. The molecule has 5 nitrogen and oxygen atoms in total. The first-order valence-electron chi connectivity index (χ1n) is 6.12. The van der Waals surface area contributed by atoms with Crippen LogP contribution < -0.4 is 10.6 Å². The smallest absolute Gasteiger partial charge is 0.233 e. The van der Waals surface area contributed by atoms with Crippen molar-refractivity contribution in [1.29, 1.82) is 0 Å². The van der Waals surface area contributed by atoms with Gasteiger partial charge in [0, 0.05) is 12.6 Å². The molecule has 0 spiro atoms. The van der Waals surface area contributed by atoms with Gasteiger partial charge >= 0.3 is 0 Å². The number of nitrogens with one attached hydrogen (secondary N) is 2. The Morgan fingerprint density at radius 1 is 1.71 bits per heavy atom. The Kier molecular flexibility index (Phi) is 3.47. The summed E-state index contributed by atoms with van der Waals surface area (Å²) in [6.07, 6.45) is 2.80. The summed E-state index contributed by atoms with van der Waals surface area (Å²) in [6.45, 7) is 5.57. The lowest BCUT2D eigenvalue weighted by molar-refractivity contribution is -0.125. The standard InChI is InChI=1S/C12H19N3O2/c1-3-4-12(5-6-13-8-12)11(16)14-10-7-9(2)17-15-10/h7,13H,3-6,8H2,1-2H3,(H,14,15,16). The minimum Gasteiger partial charge on any atom is -0.360 e. The first-order chi connectivity index (χ1) is 8.16. The largest absolute Gasteiger partial charge is 0.360 e. The van der Waals surface area contributed by atoms with Crippen molar-refractivity contribution >= 4 is 11.7 Å². The summed E-state index contributed by atoms with van der Waals surface area (Å²) in [7, 11) is 0. The van der Waals surface area contributed by atoms with Crippen molar-refractivity contribution in [2.75, 3.05) is 18.4 Å². The summed E-state index contributed by atoms with van der Waals surface area (Å²) in [5.74, 6) is 1.27. The molecule has 0 bridgehead atoms. The quantitative estimate of drug-likeness (QED) is 0.836. The molecule has 1 atom stereocenters. The Morgan fingerprint density at radius 3 is 3.06 bits per heavy atom. The van der Waals surface area contributed by atoms with Gasteiger partial charge in [-0.25, -0.2) is 0 Å². The topological polar surface area (TPSA) is 67.2 Å². The monoisotopic (exact) mass is 237 g/mol. The number of anilines is 1. The van der Waals surface area contributed by atoms with Crippen LogP contribution in [0.15, 0.2) is 10.6 Å². The highest BCUT2D eigenvalue weighted by molar-refractivity contribution is 5.95. The van der Waals surface area contributed by atoms with Gasteiger partial charge in [0.15, 0.2) is 5.82 Å². The molecule has 17 heavy (non-hydrogen) atoms. The summed E-state index contributed by atoms with van der Waals surface area (Å²) in [5, 5.41) is 9.90. The second-order valence-corrected chi connectivity index (χ2v) is 4.73. The van der Waals surface area contributed by atoms with Gasteiger partial charge in [0.2, 0.25) is 5.91 Å². The number of aryl methyl sites for hydroxylation is 1. The molecular formula is C12H19N3O2. The van der Waals surface area contributed by atoms with Crippen LogP contribution in [0.3, 0.4) is 0 Å². The molecule has 2 rings (SSSR count). The molecule has 2 N–H and O–H groups in total. The SMILES string of the molecule is CCCC1(C(=O)Nc2cc(C)on2)CCNC1. The number of amides is 1. The number of carbonyl (C=O) groups is 1. The van der Waals surface area contributed by atoms with E-state index in [1.165, 1.54) is 0 Å². The fourth-order valence-corrected chi connectivity index (χ4v) is 2.42. The highest BCUT2D eigenvalue weighted by Gasteiger charge is 2.40. The molecule has 0 aliphatic carbocycles. The van der Waals surface area contributed by atoms with E-state index in [-0.39, 0.29) is 11.3 Å². The Balaban J connectivity index is 2.06. The number of nitrogens with zero attached hydrogens (tertiary/aromatic N) is 1. The normalized spacial score (nSPS) is 23.9. The molecule has 5 heteroatoms. The average molecular weight is 237 g/mol. The average Bonchev–Trinajstić information content (AvgIpc) is 2.89. The third kappa shape index (κ3) is 2.49. The molecule has 1 aromatic rings. The fraction of sp³-hybridized carbons (Fsp3) is 0.667. The maximum atomic E-state index is 12.3. The summed E-state index contributed by atoms with van der Waals surface area (Å²) >= 11 is 0. The zero-order chi connectivity index (χ0) is 12.3. The molecule has 1 saturated heterocycles. The molecule has 0 radical (unpaired) electrons. The highest BCUT2D eigenvalue weighted by atomic mass is 16.5. The molecule has 1 aromatic heterocycles. The lowest BCUT2D eigenvalue weighted by atomic mass is 9.81. The summed E-state index contributed by atoms with van der Waals surface area (Å²) < 4.78 is 4.94. The van der Waals surface area contributed by atoms with E-state index in [4.69, 9.17) is 4.52 Å². The van der Waals surface area contributed by atoms with E-state index in [2.05, 4.69) is 22.7 Å². The van der Waals surface area contributed by atoms with Crippen molar-refractivity contribution in [3.05, 3.63) is 11.8 Å². The summed E-state index contributed by atoms with van der Waals surface area (Å²) in [4.78, 5) is 12.3. The molecule has 1 amide bonds. The van der Waals surface area contributed by atoms with Crippen LogP contribution in [0, 0.1) is 12.3 Å². The molecule has 0 saturated carbocycles. The van der Waals surface area contributed by atoms with E-state index in [9.17, 15) is 4.79 Å². The van der Waals surface area contributed by atoms with E-state index < -0.39 is 0 Å². The van der Waals surface area contributed by atoms with Crippen molar-refractivity contribution in [3.63, 3.8) is 0 Å². The van der Waals surface area contributed by atoms with E-state index >= 15 is 0 Å². The number of hydrogen-bond donors (Lipinski definition) is 2. The zero-order valence-electron chi connectivity index (χ0n) is 10.4. The molecule has 0 aromatic carbocycles. The van der Waals surface area contributed by atoms with Crippen molar-refractivity contribution < 1.29 is 9.32 Å². The molecule has 1 aliphatic rings. The van der Waals surface area contributed by atoms with Crippen LogP contribution >= 0.6 is 0 Å². The second kappa shape index (κ2) is 4.87. The first kappa shape index (κ1) is 12.1. The zero-order valence-corrected chi connectivity index (χ0v) is 10.4. The van der Waals surface area contributed by atoms with E-state index in [1.807, 2.05) is 6.92 Å². The predicted octanol–water partition coefficient (Wildman–Crippen LogP) is 1.70.